The highest BCUT2D eigenvalue weighted by Crippen LogP contribution is 2.23. The van der Waals surface area contributed by atoms with Crippen molar-refractivity contribution in [2.24, 2.45) is 0 Å². The quantitative estimate of drug-likeness (QED) is 0.533. The molecule has 0 radical (unpaired) electrons. The second kappa shape index (κ2) is 5.83. The smallest absolute Gasteiger partial charge is 0.273 e. The highest BCUT2D eigenvalue weighted by Gasteiger charge is 2.16. The van der Waals surface area contributed by atoms with E-state index in [9.17, 15) is 14.3 Å². The van der Waals surface area contributed by atoms with Gasteiger partial charge in [0.15, 0.2) is 0 Å². The van der Waals surface area contributed by atoms with Gasteiger partial charge in [0.05, 0.1) is 21.5 Å². The van der Waals surface area contributed by atoms with Crippen molar-refractivity contribution in [1.82, 2.24) is 0 Å². The Labute approximate surface area is 119 Å². The van der Waals surface area contributed by atoms with Gasteiger partial charge in [-0.3, -0.25) is 14.3 Å². The molecule has 2 aromatic rings. The third-order valence-electron chi connectivity index (χ3n) is 2.92. The second-order valence-corrected chi connectivity index (χ2v) is 5.82. The number of aryl methyl sites for hydroxylation is 1. The molecular weight excluding hydrogens is 276 g/mol. The number of rotatable bonds is 4. The summed E-state index contributed by atoms with van der Waals surface area (Å²) in [6, 6.07) is 11.5. The van der Waals surface area contributed by atoms with Gasteiger partial charge in [-0.05, 0) is 30.7 Å². The molecule has 0 amide bonds. The van der Waals surface area contributed by atoms with Crippen LogP contribution in [0, 0.1) is 17.0 Å². The van der Waals surface area contributed by atoms with Crippen LogP contribution in [0.15, 0.2) is 47.4 Å². The molecule has 0 aliphatic rings. The van der Waals surface area contributed by atoms with Gasteiger partial charge in [0.2, 0.25) is 0 Å². The molecule has 104 valence electrons. The van der Waals surface area contributed by atoms with Crippen LogP contribution >= 0.6 is 0 Å². The summed E-state index contributed by atoms with van der Waals surface area (Å²) in [5.74, 6) is 0.113. The number of nitro groups is 1. The molecular formula is C14H14N2O3S. The van der Waals surface area contributed by atoms with Crippen molar-refractivity contribution >= 4 is 22.2 Å². The van der Waals surface area contributed by atoms with Gasteiger partial charge >= 0.3 is 0 Å². The fourth-order valence-corrected chi connectivity index (χ4v) is 3.28. The molecule has 1 atom stereocenters. The Morgan fingerprint density at radius 2 is 1.95 bits per heavy atom. The summed E-state index contributed by atoms with van der Waals surface area (Å²) in [5, 5.41) is 10.9. The second-order valence-electron chi connectivity index (χ2n) is 4.40. The lowest BCUT2D eigenvalue weighted by molar-refractivity contribution is -0.385. The molecule has 0 aliphatic heterocycles. The number of nitrogens with two attached hydrogens (primary N) is 1. The zero-order chi connectivity index (χ0) is 14.7. The summed E-state index contributed by atoms with van der Waals surface area (Å²) in [7, 11) is -1.34. The van der Waals surface area contributed by atoms with Crippen LogP contribution in [0.3, 0.4) is 0 Å². The number of hydrogen-bond donors (Lipinski definition) is 1. The van der Waals surface area contributed by atoms with Crippen molar-refractivity contribution in [3.63, 3.8) is 0 Å². The molecule has 2 N–H and O–H groups in total. The van der Waals surface area contributed by atoms with E-state index in [2.05, 4.69) is 0 Å². The molecule has 2 aromatic carbocycles. The maximum absolute atomic E-state index is 12.4. The number of para-hydroxylation sites is 1. The van der Waals surface area contributed by atoms with Crippen LogP contribution < -0.4 is 5.73 Å². The molecule has 0 saturated heterocycles. The lowest BCUT2D eigenvalue weighted by Gasteiger charge is -2.07. The van der Waals surface area contributed by atoms with Gasteiger partial charge in [0.1, 0.15) is 0 Å². The monoisotopic (exact) mass is 290 g/mol. The van der Waals surface area contributed by atoms with Crippen LogP contribution in [0.5, 0.6) is 0 Å². The van der Waals surface area contributed by atoms with E-state index in [-0.39, 0.29) is 11.4 Å². The number of nitro benzene ring substituents is 1. The summed E-state index contributed by atoms with van der Waals surface area (Å²) in [5.41, 5.74) is 7.54. The van der Waals surface area contributed by atoms with Crippen molar-refractivity contribution in [2.75, 3.05) is 5.73 Å². The summed E-state index contributed by atoms with van der Waals surface area (Å²) in [4.78, 5) is 11.1. The van der Waals surface area contributed by atoms with E-state index in [4.69, 9.17) is 5.73 Å². The Morgan fingerprint density at radius 3 is 2.60 bits per heavy atom. The Bertz CT molecular complexity index is 686. The van der Waals surface area contributed by atoms with Gasteiger partial charge < -0.3 is 5.73 Å². The van der Waals surface area contributed by atoms with E-state index in [0.717, 1.165) is 5.56 Å². The normalized spacial score (nSPS) is 12.1. The van der Waals surface area contributed by atoms with Crippen molar-refractivity contribution in [2.45, 2.75) is 17.6 Å². The van der Waals surface area contributed by atoms with E-state index in [1.165, 1.54) is 6.07 Å². The molecule has 6 heteroatoms. The Kier molecular flexibility index (Phi) is 4.14. The van der Waals surface area contributed by atoms with Crippen LogP contribution in [0.2, 0.25) is 0 Å². The molecule has 0 spiro atoms. The Hall–Kier alpha value is -2.21. The van der Waals surface area contributed by atoms with Gasteiger partial charge in [-0.15, -0.1) is 0 Å². The minimum absolute atomic E-state index is 0.00560. The molecule has 0 aliphatic carbocycles. The summed E-state index contributed by atoms with van der Waals surface area (Å²) < 4.78 is 12.4. The van der Waals surface area contributed by atoms with Crippen molar-refractivity contribution < 1.29 is 9.13 Å². The van der Waals surface area contributed by atoms with Gasteiger partial charge in [-0.2, -0.15) is 0 Å². The van der Waals surface area contributed by atoms with E-state index >= 15 is 0 Å². The zero-order valence-corrected chi connectivity index (χ0v) is 11.7. The fraction of sp³-hybridized carbons (Fsp3) is 0.143. The molecule has 20 heavy (non-hydrogen) atoms. The molecule has 0 aromatic heterocycles. The summed E-state index contributed by atoms with van der Waals surface area (Å²) in [6.45, 7) is 1.82. The predicted octanol–water partition coefficient (Wildman–Crippen LogP) is 2.79. The van der Waals surface area contributed by atoms with Gasteiger partial charge in [-0.1, -0.05) is 18.2 Å². The highest BCUT2D eigenvalue weighted by atomic mass is 32.2. The first kappa shape index (κ1) is 14.2. The highest BCUT2D eigenvalue weighted by molar-refractivity contribution is 7.84. The number of nitrogen functional groups attached to an aromatic ring is 1. The fourth-order valence-electron chi connectivity index (χ4n) is 1.96. The molecule has 0 saturated carbocycles. The molecule has 2 rings (SSSR count). The third kappa shape index (κ3) is 3.03. The number of hydrogen-bond acceptors (Lipinski definition) is 4. The predicted molar refractivity (Wildman–Crippen MR) is 78.8 cm³/mol. The molecule has 0 fully saturated rings. The van der Waals surface area contributed by atoms with Gasteiger partial charge in [-0.25, -0.2) is 0 Å². The molecule has 0 heterocycles. The van der Waals surface area contributed by atoms with Gasteiger partial charge in [0, 0.05) is 22.2 Å². The van der Waals surface area contributed by atoms with Crippen molar-refractivity contribution in [1.29, 1.82) is 0 Å². The largest absolute Gasteiger partial charge is 0.399 e. The third-order valence-corrected chi connectivity index (χ3v) is 4.44. The summed E-state index contributed by atoms with van der Waals surface area (Å²) in [6.07, 6.45) is 0. The van der Waals surface area contributed by atoms with E-state index in [1.54, 1.807) is 36.4 Å². The minimum Gasteiger partial charge on any atom is -0.399 e. The van der Waals surface area contributed by atoms with Crippen LogP contribution in [0.1, 0.15) is 11.1 Å². The topological polar surface area (TPSA) is 86.2 Å². The average Bonchev–Trinajstić information content (AvgIpc) is 2.38. The molecule has 0 bridgehead atoms. The van der Waals surface area contributed by atoms with Crippen molar-refractivity contribution in [3.8, 4) is 0 Å². The van der Waals surface area contributed by atoms with Crippen molar-refractivity contribution in [3.05, 3.63) is 63.7 Å². The lowest BCUT2D eigenvalue weighted by Crippen LogP contribution is -2.02. The Balaban J connectivity index is 2.30. The van der Waals surface area contributed by atoms with Crippen LogP contribution in [0.4, 0.5) is 11.4 Å². The maximum Gasteiger partial charge on any atom is 0.273 e. The van der Waals surface area contributed by atoms with Crippen LogP contribution in [-0.2, 0) is 16.6 Å². The maximum atomic E-state index is 12.4. The average molecular weight is 290 g/mol. The van der Waals surface area contributed by atoms with E-state index in [1.807, 2.05) is 6.92 Å². The first-order valence-electron chi connectivity index (χ1n) is 5.96. The SMILES string of the molecule is Cc1cc(N)ccc1S(=O)Cc1ccccc1[N+](=O)[O-]. The van der Waals surface area contributed by atoms with Crippen LogP contribution in [0.25, 0.3) is 0 Å². The minimum atomic E-state index is -1.34. The van der Waals surface area contributed by atoms with Crippen LogP contribution in [-0.4, -0.2) is 9.13 Å². The summed E-state index contributed by atoms with van der Waals surface area (Å²) >= 11 is 0. The lowest BCUT2D eigenvalue weighted by atomic mass is 10.2. The van der Waals surface area contributed by atoms with E-state index < -0.39 is 15.7 Å². The molecule has 5 nitrogen and oxygen atoms in total. The molecule has 1 unspecified atom stereocenters. The Morgan fingerprint density at radius 1 is 1.25 bits per heavy atom. The first-order chi connectivity index (χ1) is 9.49. The zero-order valence-electron chi connectivity index (χ0n) is 10.9. The number of anilines is 1. The number of benzene rings is 2. The van der Waals surface area contributed by atoms with Gasteiger partial charge in [0.25, 0.3) is 5.69 Å². The standard InChI is InChI=1S/C14H14N2O3S/c1-10-8-12(15)6-7-14(10)20(19)9-11-4-2-3-5-13(11)16(17)18/h2-8H,9,15H2,1H3. The first-order valence-corrected chi connectivity index (χ1v) is 7.27. The number of nitrogens with zero attached hydrogens (tertiary/aromatic N) is 1. The van der Waals surface area contributed by atoms with E-state index in [0.29, 0.717) is 16.1 Å².